The Morgan fingerprint density at radius 3 is 2.47 bits per heavy atom. The fourth-order valence-electron chi connectivity index (χ4n) is 4.35. The molecule has 2 aromatic carbocycles. The third-order valence-electron chi connectivity index (χ3n) is 6.21. The van der Waals surface area contributed by atoms with Crippen molar-refractivity contribution in [1.82, 2.24) is 9.97 Å². The zero-order valence-electron chi connectivity index (χ0n) is 20.3. The van der Waals surface area contributed by atoms with Gasteiger partial charge in [-0.3, -0.25) is 5.43 Å². The van der Waals surface area contributed by atoms with Gasteiger partial charge < -0.3 is 14.5 Å². The van der Waals surface area contributed by atoms with Crippen LogP contribution in [0.2, 0.25) is 5.02 Å². The number of hydrogen-bond acceptors (Lipinski definition) is 8. The van der Waals surface area contributed by atoms with Gasteiger partial charge in [-0.25, -0.2) is 0 Å². The first-order valence-electron chi connectivity index (χ1n) is 12.5. The van der Waals surface area contributed by atoms with Crippen LogP contribution in [0.3, 0.4) is 0 Å². The number of aromatic nitrogens is 2. The van der Waals surface area contributed by atoms with E-state index in [2.05, 4.69) is 20.3 Å². The predicted octanol–water partition coefficient (Wildman–Crippen LogP) is 5.95. The van der Waals surface area contributed by atoms with Gasteiger partial charge in [0, 0.05) is 47.9 Å². The third-order valence-corrected chi connectivity index (χ3v) is 7.43. The average Bonchev–Trinajstić information content (AvgIpc) is 3.63. The van der Waals surface area contributed by atoms with Crippen LogP contribution >= 0.6 is 23.4 Å². The molecule has 0 aliphatic carbocycles. The first-order chi connectivity index (χ1) is 17.7. The largest absolute Gasteiger partial charge is 0.493 e. The number of nitrogens with one attached hydrogen (secondary N) is 1. The second-order valence-electron chi connectivity index (χ2n) is 8.89. The number of nitrogens with zero attached hydrogens (tertiary/aromatic N) is 5. The van der Waals surface area contributed by atoms with Crippen molar-refractivity contribution in [2.45, 2.75) is 30.6 Å². The van der Waals surface area contributed by atoms with Gasteiger partial charge in [0.05, 0.1) is 12.8 Å². The topological polar surface area (TPSA) is 65.9 Å². The zero-order chi connectivity index (χ0) is 24.6. The van der Waals surface area contributed by atoms with Gasteiger partial charge in [-0.05, 0) is 67.6 Å². The van der Waals surface area contributed by atoms with Crippen LogP contribution in [-0.4, -0.2) is 54.7 Å². The van der Waals surface area contributed by atoms with E-state index >= 15 is 0 Å². The molecule has 0 bridgehead atoms. The number of hydrazone groups is 1. The Labute approximate surface area is 221 Å². The molecule has 0 saturated carbocycles. The van der Waals surface area contributed by atoms with Crippen LogP contribution in [0.1, 0.15) is 31.2 Å². The van der Waals surface area contributed by atoms with E-state index in [-0.39, 0.29) is 0 Å². The van der Waals surface area contributed by atoms with Crippen molar-refractivity contribution in [3.05, 3.63) is 65.2 Å². The Bertz CT molecular complexity index is 1130. The number of rotatable bonds is 10. The van der Waals surface area contributed by atoms with Gasteiger partial charge in [-0.15, -0.1) is 11.8 Å². The van der Waals surface area contributed by atoms with Crippen LogP contribution in [0, 0.1) is 0 Å². The van der Waals surface area contributed by atoms with Crippen molar-refractivity contribution >= 4 is 47.2 Å². The SMILES string of the molecule is Clc1ccc(SCCOc2cccc(/C=N\Nc3cc(N4CCCC4)nc(N4CCCC4)n3)c2)cc1. The summed E-state index contributed by atoms with van der Waals surface area (Å²) in [5.41, 5.74) is 4.08. The quantitative estimate of drug-likeness (QED) is 0.153. The minimum atomic E-state index is 0.617. The molecular formula is C27H31ClN6OS. The highest BCUT2D eigenvalue weighted by atomic mass is 35.5. The van der Waals surface area contributed by atoms with Gasteiger partial charge in [-0.1, -0.05) is 23.7 Å². The van der Waals surface area contributed by atoms with E-state index in [0.29, 0.717) is 6.61 Å². The zero-order valence-corrected chi connectivity index (χ0v) is 21.8. The lowest BCUT2D eigenvalue weighted by Crippen LogP contribution is -2.24. The van der Waals surface area contributed by atoms with Gasteiger partial charge >= 0.3 is 0 Å². The molecule has 2 saturated heterocycles. The summed E-state index contributed by atoms with van der Waals surface area (Å²) in [6, 6.07) is 17.8. The fourth-order valence-corrected chi connectivity index (χ4v) is 5.21. The Balaban J connectivity index is 1.18. The van der Waals surface area contributed by atoms with Crippen molar-refractivity contribution in [1.29, 1.82) is 0 Å². The molecule has 5 rings (SSSR count). The maximum absolute atomic E-state index is 5.95. The fraction of sp³-hybridized carbons (Fsp3) is 0.370. The molecule has 188 valence electrons. The molecule has 3 heterocycles. The molecular weight excluding hydrogens is 492 g/mol. The molecule has 1 N–H and O–H groups in total. The Morgan fingerprint density at radius 1 is 0.944 bits per heavy atom. The molecule has 0 amide bonds. The van der Waals surface area contributed by atoms with E-state index < -0.39 is 0 Å². The second-order valence-corrected chi connectivity index (χ2v) is 10.5. The van der Waals surface area contributed by atoms with Crippen LogP contribution < -0.4 is 20.0 Å². The number of halogens is 1. The van der Waals surface area contributed by atoms with Gasteiger partial charge in [0.1, 0.15) is 11.6 Å². The molecule has 36 heavy (non-hydrogen) atoms. The number of hydrogen-bond donors (Lipinski definition) is 1. The van der Waals surface area contributed by atoms with Crippen molar-refractivity contribution < 1.29 is 4.74 Å². The molecule has 0 radical (unpaired) electrons. The standard InChI is InChI=1S/C27H31ClN6OS/c28-22-8-10-24(11-9-22)36-17-16-35-23-7-5-6-21(18-23)20-29-32-25-19-26(33-12-1-2-13-33)31-27(30-25)34-14-3-4-15-34/h5-11,18-20H,1-4,12-17H2,(H,30,31,32)/b29-20-. The van der Waals surface area contributed by atoms with Gasteiger partial charge in [0.2, 0.25) is 5.95 Å². The number of thioether (sulfide) groups is 1. The van der Waals surface area contributed by atoms with Gasteiger partial charge in [0.25, 0.3) is 0 Å². The van der Waals surface area contributed by atoms with Crippen molar-refractivity contribution in [2.24, 2.45) is 5.10 Å². The maximum Gasteiger partial charge on any atom is 0.229 e. The summed E-state index contributed by atoms with van der Waals surface area (Å²) in [4.78, 5) is 15.4. The first kappa shape index (κ1) is 24.7. The van der Waals surface area contributed by atoms with E-state index in [9.17, 15) is 0 Å². The Morgan fingerprint density at radius 2 is 1.69 bits per heavy atom. The molecule has 0 atom stereocenters. The summed E-state index contributed by atoms with van der Waals surface area (Å²) in [5, 5.41) is 5.21. The second kappa shape index (κ2) is 12.3. The highest BCUT2D eigenvalue weighted by molar-refractivity contribution is 7.99. The summed E-state index contributed by atoms with van der Waals surface area (Å²) < 4.78 is 5.94. The van der Waals surface area contributed by atoms with Crippen LogP contribution in [0.4, 0.5) is 17.6 Å². The summed E-state index contributed by atoms with van der Waals surface area (Å²) in [5.74, 6) is 4.17. The summed E-state index contributed by atoms with van der Waals surface area (Å²) in [7, 11) is 0. The maximum atomic E-state index is 5.95. The smallest absolute Gasteiger partial charge is 0.229 e. The molecule has 2 fully saturated rings. The van der Waals surface area contributed by atoms with Crippen molar-refractivity contribution in [3.63, 3.8) is 0 Å². The number of benzene rings is 2. The summed E-state index contributed by atoms with van der Waals surface area (Å²) in [6.45, 7) is 4.73. The summed E-state index contributed by atoms with van der Waals surface area (Å²) >= 11 is 7.69. The van der Waals surface area contributed by atoms with Crippen molar-refractivity contribution in [2.75, 3.05) is 53.8 Å². The van der Waals surface area contributed by atoms with Crippen LogP contribution in [-0.2, 0) is 0 Å². The Kier molecular flexibility index (Phi) is 8.46. The van der Waals surface area contributed by atoms with E-state index in [1.165, 1.54) is 30.6 Å². The lowest BCUT2D eigenvalue weighted by molar-refractivity contribution is 0.344. The molecule has 2 aliphatic rings. The third kappa shape index (κ3) is 6.83. The molecule has 2 aliphatic heterocycles. The summed E-state index contributed by atoms with van der Waals surface area (Å²) in [6.07, 6.45) is 6.60. The van der Waals surface area contributed by atoms with Crippen LogP contribution in [0.5, 0.6) is 5.75 Å². The lowest BCUT2D eigenvalue weighted by Gasteiger charge is -2.21. The van der Waals surface area contributed by atoms with E-state index in [0.717, 1.165) is 65.9 Å². The van der Waals surface area contributed by atoms with Gasteiger partial charge in [0.15, 0.2) is 5.82 Å². The molecule has 7 nitrogen and oxygen atoms in total. The molecule has 0 unspecified atom stereocenters. The average molecular weight is 523 g/mol. The number of ether oxygens (including phenoxy) is 1. The lowest BCUT2D eigenvalue weighted by atomic mass is 10.2. The van der Waals surface area contributed by atoms with E-state index in [1.54, 1.807) is 18.0 Å². The minimum Gasteiger partial charge on any atom is -0.493 e. The molecule has 9 heteroatoms. The molecule has 3 aromatic rings. The van der Waals surface area contributed by atoms with Gasteiger partial charge in [-0.2, -0.15) is 15.1 Å². The predicted molar refractivity (Wildman–Crippen MR) is 150 cm³/mol. The van der Waals surface area contributed by atoms with Crippen LogP contribution in [0.15, 0.2) is 64.6 Å². The van der Waals surface area contributed by atoms with Crippen molar-refractivity contribution in [3.8, 4) is 5.75 Å². The Hall–Kier alpha value is -2.97. The normalized spacial score (nSPS) is 15.7. The molecule has 0 spiro atoms. The highest BCUT2D eigenvalue weighted by Crippen LogP contribution is 2.26. The van der Waals surface area contributed by atoms with Crippen LogP contribution in [0.25, 0.3) is 0 Å². The molecule has 1 aromatic heterocycles. The monoisotopic (exact) mass is 522 g/mol. The minimum absolute atomic E-state index is 0.617. The first-order valence-corrected chi connectivity index (χ1v) is 13.9. The van der Waals surface area contributed by atoms with E-state index in [1.807, 2.05) is 54.6 Å². The highest BCUT2D eigenvalue weighted by Gasteiger charge is 2.20. The number of anilines is 3. The van der Waals surface area contributed by atoms with E-state index in [4.69, 9.17) is 26.3 Å².